The molecule has 2 N–H and O–H groups in total. The van der Waals surface area contributed by atoms with Gasteiger partial charge in [0.15, 0.2) is 23.0 Å². The molecule has 11 heteroatoms. The topological polar surface area (TPSA) is 125 Å². The molecule has 0 saturated carbocycles. The van der Waals surface area contributed by atoms with Crippen LogP contribution in [0.1, 0.15) is 31.8 Å². The van der Waals surface area contributed by atoms with E-state index in [0.29, 0.717) is 28.2 Å². The molecule has 2 amide bonds. The molecule has 0 aromatic heterocycles. The number of rotatable bonds is 9. The lowest BCUT2D eigenvalue weighted by molar-refractivity contribution is -0.117. The second-order valence-corrected chi connectivity index (χ2v) is 9.38. The number of carbonyl (C=O) groups is 3. The van der Waals surface area contributed by atoms with Crippen LogP contribution in [0.15, 0.2) is 102 Å². The van der Waals surface area contributed by atoms with Gasteiger partial charge in [-0.25, -0.2) is 10.2 Å². The monoisotopic (exact) mass is 597 g/mol. The summed E-state index contributed by atoms with van der Waals surface area (Å²) >= 11 is 6.09. The SMILES string of the molecule is COc1cc(C=NNC(=O)C(=Cc2ccc3c(c2)OCO3)NC(=O)c2ccccc2)ccc1OC(=O)c1ccccc1Cl. The zero-order chi connectivity index (χ0) is 30.2. The number of ether oxygens (including phenoxy) is 4. The Morgan fingerprint density at radius 3 is 2.40 bits per heavy atom. The third kappa shape index (κ3) is 7.19. The van der Waals surface area contributed by atoms with E-state index in [4.69, 9.17) is 30.5 Å². The van der Waals surface area contributed by atoms with Crippen LogP contribution < -0.4 is 29.7 Å². The van der Waals surface area contributed by atoms with Crippen LogP contribution in [0.2, 0.25) is 5.02 Å². The van der Waals surface area contributed by atoms with Crippen LogP contribution in [0.5, 0.6) is 23.0 Å². The van der Waals surface area contributed by atoms with Crippen LogP contribution in [0.4, 0.5) is 0 Å². The van der Waals surface area contributed by atoms with Gasteiger partial charge >= 0.3 is 5.97 Å². The second-order valence-electron chi connectivity index (χ2n) is 8.97. The average Bonchev–Trinajstić information content (AvgIpc) is 3.50. The van der Waals surface area contributed by atoms with Gasteiger partial charge in [0.2, 0.25) is 6.79 Å². The van der Waals surface area contributed by atoms with Gasteiger partial charge in [-0.15, -0.1) is 0 Å². The van der Waals surface area contributed by atoms with Crippen molar-refractivity contribution < 1.29 is 33.3 Å². The molecule has 0 spiro atoms. The highest BCUT2D eigenvalue weighted by atomic mass is 35.5. The summed E-state index contributed by atoms with van der Waals surface area (Å²) in [5.41, 5.74) is 4.08. The molecule has 10 nitrogen and oxygen atoms in total. The molecule has 0 unspecified atom stereocenters. The zero-order valence-corrected chi connectivity index (χ0v) is 23.5. The molecule has 0 fully saturated rings. The second kappa shape index (κ2) is 13.4. The zero-order valence-electron chi connectivity index (χ0n) is 22.7. The van der Waals surface area contributed by atoms with Crippen LogP contribution >= 0.6 is 11.6 Å². The van der Waals surface area contributed by atoms with Crippen molar-refractivity contribution in [3.63, 3.8) is 0 Å². The van der Waals surface area contributed by atoms with Crippen molar-refractivity contribution in [3.8, 4) is 23.0 Å². The molecule has 0 aliphatic carbocycles. The third-order valence-electron chi connectivity index (χ3n) is 6.10. The Hall–Kier alpha value is -5.61. The van der Waals surface area contributed by atoms with Crippen LogP contribution in [0.25, 0.3) is 6.08 Å². The number of amides is 2. The van der Waals surface area contributed by atoms with Gasteiger partial charge in [0.1, 0.15) is 5.70 Å². The number of methoxy groups -OCH3 is 1. The first kappa shape index (κ1) is 28.9. The number of nitrogens with one attached hydrogen (secondary N) is 2. The number of fused-ring (bicyclic) bond motifs is 1. The van der Waals surface area contributed by atoms with Gasteiger partial charge < -0.3 is 24.3 Å². The lowest BCUT2D eigenvalue weighted by Crippen LogP contribution is -2.32. The Kier molecular flexibility index (Phi) is 8.99. The van der Waals surface area contributed by atoms with Crippen LogP contribution in [-0.4, -0.2) is 37.9 Å². The van der Waals surface area contributed by atoms with Crippen molar-refractivity contribution in [1.82, 2.24) is 10.7 Å². The maximum atomic E-state index is 13.1. The van der Waals surface area contributed by atoms with E-state index in [1.807, 2.05) is 0 Å². The van der Waals surface area contributed by atoms with E-state index in [0.717, 1.165) is 0 Å². The highest BCUT2D eigenvalue weighted by molar-refractivity contribution is 6.33. The Bertz CT molecular complexity index is 1740. The van der Waals surface area contributed by atoms with E-state index < -0.39 is 17.8 Å². The minimum Gasteiger partial charge on any atom is -0.493 e. The molecule has 0 saturated heterocycles. The summed E-state index contributed by atoms with van der Waals surface area (Å²) in [6, 6.07) is 24.9. The van der Waals surface area contributed by atoms with Crippen molar-refractivity contribution in [2.45, 2.75) is 0 Å². The summed E-state index contributed by atoms with van der Waals surface area (Å²) in [6.45, 7) is 0.102. The largest absolute Gasteiger partial charge is 0.493 e. The van der Waals surface area contributed by atoms with Crippen molar-refractivity contribution in [2.75, 3.05) is 13.9 Å². The van der Waals surface area contributed by atoms with E-state index in [1.165, 1.54) is 25.5 Å². The number of hydrogen-bond acceptors (Lipinski definition) is 8. The van der Waals surface area contributed by atoms with E-state index in [9.17, 15) is 14.4 Å². The van der Waals surface area contributed by atoms with E-state index in [1.54, 1.807) is 84.9 Å². The number of hydrogen-bond donors (Lipinski definition) is 2. The lowest BCUT2D eigenvalue weighted by Gasteiger charge is -2.11. The molecule has 43 heavy (non-hydrogen) atoms. The number of benzene rings is 4. The van der Waals surface area contributed by atoms with Crippen molar-refractivity contribution in [1.29, 1.82) is 0 Å². The van der Waals surface area contributed by atoms with Gasteiger partial charge in [-0.2, -0.15) is 5.10 Å². The fourth-order valence-corrected chi connectivity index (χ4v) is 4.18. The average molecular weight is 598 g/mol. The minimum absolute atomic E-state index is 0.0516. The molecular weight excluding hydrogens is 574 g/mol. The Morgan fingerprint density at radius 2 is 1.60 bits per heavy atom. The molecule has 1 aliphatic heterocycles. The summed E-state index contributed by atoms with van der Waals surface area (Å²) in [5, 5.41) is 6.93. The lowest BCUT2D eigenvalue weighted by atomic mass is 10.1. The summed E-state index contributed by atoms with van der Waals surface area (Å²) in [6.07, 6.45) is 2.87. The fourth-order valence-electron chi connectivity index (χ4n) is 3.97. The van der Waals surface area contributed by atoms with E-state index >= 15 is 0 Å². The molecule has 4 aromatic rings. The molecule has 4 aromatic carbocycles. The summed E-state index contributed by atoms with van der Waals surface area (Å²) in [5.74, 6) is -0.247. The summed E-state index contributed by atoms with van der Waals surface area (Å²) in [4.78, 5) is 38.6. The maximum absolute atomic E-state index is 13.1. The van der Waals surface area contributed by atoms with Crippen molar-refractivity contribution in [2.24, 2.45) is 5.10 Å². The van der Waals surface area contributed by atoms with Crippen molar-refractivity contribution >= 4 is 41.7 Å². The molecule has 216 valence electrons. The first-order chi connectivity index (χ1) is 20.9. The van der Waals surface area contributed by atoms with Gasteiger partial charge in [0.05, 0.1) is 23.9 Å². The molecule has 1 aliphatic rings. The maximum Gasteiger partial charge on any atom is 0.345 e. The Morgan fingerprint density at radius 1 is 0.860 bits per heavy atom. The third-order valence-corrected chi connectivity index (χ3v) is 6.43. The van der Waals surface area contributed by atoms with Crippen LogP contribution in [-0.2, 0) is 4.79 Å². The van der Waals surface area contributed by atoms with E-state index in [2.05, 4.69) is 15.8 Å². The summed E-state index contributed by atoms with van der Waals surface area (Å²) < 4.78 is 21.6. The smallest absolute Gasteiger partial charge is 0.345 e. The summed E-state index contributed by atoms with van der Waals surface area (Å²) in [7, 11) is 1.42. The van der Waals surface area contributed by atoms with Gasteiger partial charge in [-0.1, -0.05) is 48.0 Å². The standard InChI is InChI=1S/C32H24ClN3O7/c1-40-28-17-21(12-14-27(28)43-32(39)23-9-5-6-10-24(23)33)18-34-36-31(38)25(35-30(37)22-7-3-2-4-8-22)15-20-11-13-26-29(16-20)42-19-41-26/h2-18H,19H2,1H3,(H,35,37)(H,36,38). The van der Waals surface area contributed by atoms with Gasteiger partial charge in [-0.3, -0.25) is 9.59 Å². The van der Waals surface area contributed by atoms with Crippen LogP contribution in [0.3, 0.4) is 0 Å². The highest BCUT2D eigenvalue weighted by Crippen LogP contribution is 2.33. The molecule has 0 bridgehead atoms. The highest BCUT2D eigenvalue weighted by Gasteiger charge is 2.18. The normalized spacial score (nSPS) is 12.1. The van der Waals surface area contributed by atoms with Gasteiger partial charge in [0.25, 0.3) is 11.8 Å². The van der Waals surface area contributed by atoms with Gasteiger partial charge in [-0.05, 0) is 71.8 Å². The molecule has 0 radical (unpaired) electrons. The first-order valence-corrected chi connectivity index (χ1v) is 13.2. The quantitative estimate of drug-likeness (QED) is 0.0891. The molecule has 1 heterocycles. The number of hydrazone groups is 1. The van der Waals surface area contributed by atoms with Crippen molar-refractivity contribution in [3.05, 3.63) is 124 Å². The fraction of sp³-hybridized carbons (Fsp3) is 0.0625. The molecule has 0 atom stereocenters. The number of carbonyl (C=O) groups excluding carboxylic acids is 3. The Balaban J connectivity index is 1.31. The first-order valence-electron chi connectivity index (χ1n) is 12.9. The minimum atomic E-state index is -0.671. The van der Waals surface area contributed by atoms with E-state index in [-0.39, 0.29) is 34.6 Å². The van der Waals surface area contributed by atoms with Crippen LogP contribution in [0, 0.1) is 0 Å². The predicted octanol–water partition coefficient (Wildman–Crippen LogP) is 5.22. The molecule has 5 rings (SSSR count). The van der Waals surface area contributed by atoms with Gasteiger partial charge in [0, 0.05) is 5.56 Å². The predicted molar refractivity (Wildman–Crippen MR) is 160 cm³/mol. The number of esters is 1. The number of halogens is 1. The number of nitrogens with zero attached hydrogens (tertiary/aromatic N) is 1. The Labute approximate surface area is 251 Å². The molecular formula is C32H24ClN3O7.